The third-order valence-electron chi connectivity index (χ3n) is 2.83. The van der Waals surface area contributed by atoms with Crippen LogP contribution in [0.5, 0.6) is 0 Å². The van der Waals surface area contributed by atoms with Gasteiger partial charge in [0.2, 0.25) is 0 Å². The first-order valence-corrected chi connectivity index (χ1v) is 7.14. The number of fused-ring (bicyclic) bond motifs is 1. The number of aldehydes is 1. The van der Waals surface area contributed by atoms with Crippen molar-refractivity contribution in [1.82, 2.24) is 9.38 Å². The number of rotatable bonds is 3. The fourth-order valence-electron chi connectivity index (χ4n) is 1.93. The largest absolute Gasteiger partial charge is 0.296 e. The summed E-state index contributed by atoms with van der Waals surface area (Å²) in [6, 6.07) is 4.68. The van der Waals surface area contributed by atoms with Crippen molar-refractivity contribution in [3.05, 3.63) is 50.1 Å². The van der Waals surface area contributed by atoms with E-state index in [1.807, 2.05) is 5.38 Å². The maximum absolute atomic E-state index is 11.3. The molecule has 0 unspecified atom stereocenters. The molecular weight excluding hydrogens is 346 g/mol. The van der Waals surface area contributed by atoms with E-state index < -0.39 is 4.92 Å². The maximum atomic E-state index is 11.3. The highest BCUT2D eigenvalue weighted by atomic mass is 79.9. The van der Waals surface area contributed by atoms with Crippen LogP contribution >= 0.6 is 27.3 Å². The van der Waals surface area contributed by atoms with Crippen LogP contribution in [0.4, 0.5) is 5.69 Å². The summed E-state index contributed by atoms with van der Waals surface area (Å²) in [4.78, 5) is 26.8. The van der Waals surface area contributed by atoms with Crippen LogP contribution in [-0.4, -0.2) is 20.6 Å². The molecule has 0 bridgehead atoms. The molecule has 0 aliphatic heterocycles. The minimum Gasteiger partial charge on any atom is -0.296 e. The number of nitrogens with zero attached hydrogens (tertiary/aromatic N) is 3. The standard InChI is InChI=1S/C12H6BrN3O3S/c13-8-2-1-7(5-9(8)16(18)19)11-10(6-17)15-3-4-20-12(15)14-11/h1-6H. The van der Waals surface area contributed by atoms with E-state index >= 15 is 0 Å². The second-order valence-corrected chi connectivity index (χ2v) is 5.67. The first-order chi connectivity index (χ1) is 9.61. The number of carbonyl (C=O) groups is 1. The second kappa shape index (κ2) is 4.80. The molecule has 0 spiro atoms. The van der Waals surface area contributed by atoms with Gasteiger partial charge in [0, 0.05) is 23.2 Å². The number of halogens is 1. The molecule has 1 aromatic carbocycles. The molecule has 0 N–H and O–H groups in total. The lowest BCUT2D eigenvalue weighted by molar-refractivity contribution is -0.385. The number of nitro benzene ring substituents is 1. The molecular formula is C12H6BrN3O3S. The summed E-state index contributed by atoms with van der Waals surface area (Å²) in [6.07, 6.45) is 2.45. The van der Waals surface area contributed by atoms with Crippen molar-refractivity contribution in [2.75, 3.05) is 0 Å². The number of imidazole rings is 1. The van der Waals surface area contributed by atoms with Crippen molar-refractivity contribution in [2.45, 2.75) is 0 Å². The van der Waals surface area contributed by atoms with E-state index in [-0.39, 0.29) is 5.69 Å². The van der Waals surface area contributed by atoms with Gasteiger partial charge in [-0.05, 0) is 22.0 Å². The Labute approximate surface area is 125 Å². The van der Waals surface area contributed by atoms with Crippen LogP contribution in [0.2, 0.25) is 0 Å². The average molecular weight is 352 g/mol. The highest BCUT2D eigenvalue weighted by Gasteiger charge is 2.18. The molecule has 3 rings (SSSR count). The van der Waals surface area contributed by atoms with E-state index in [9.17, 15) is 14.9 Å². The number of aromatic nitrogens is 2. The summed E-state index contributed by atoms with van der Waals surface area (Å²) in [7, 11) is 0. The summed E-state index contributed by atoms with van der Waals surface area (Å²) in [5.74, 6) is 0. The Balaban J connectivity index is 2.25. The number of carbonyl (C=O) groups excluding carboxylic acids is 1. The van der Waals surface area contributed by atoms with Gasteiger partial charge in [-0.2, -0.15) is 0 Å². The van der Waals surface area contributed by atoms with Gasteiger partial charge in [-0.25, -0.2) is 4.98 Å². The minimum atomic E-state index is -0.480. The quantitative estimate of drug-likeness (QED) is 0.410. The zero-order valence-corrected chi connectivity index (χ0v) is 12.2. The van der Waals surface area contributed by atoms with Crippen molar-refractivity contribution in [3.63, 3.8) is 0 Å². The van der Waals surface area contributed by atoms with Crippen LogP contribution in [-0.2, 0) is 0 Å². The predicted octanol–water partition coefficient (Wildman–Crippen LogP) is 3.55. The number of nitro groups is 1. The smallest absolute Gasteiger partial charge is 0.284 e. The normalized spacial score (nSPS) is 10.8. The summed E-state index contributed by atoms with van der Waals surface area (Å²) >= 11 is 4.53. The van der Waals surface area contributed by atoms with Crippen molar-refractivity contribution in [1.29, 1.82) is 0 Å². The lowest BCUT2D eigenvalue weighted by atomic mass is 10.1. The Morgan fingerprint density at radius 2 is 2.25 bits per heavy atom. The van der Waals surface area contributed by atoms with Gasteiger partial charge >= 0.3 is 0 Å². The Kier molecular flexibility index (Phi) is 3.11. The second-order valence-electron chi connectivity index (χ2n) is 3.94. The number of hydrogen-bond donors (Lipinski definition) is 0. The molecule has 0 saturated carbocycles. The van der Waals surface area contributed by atoms with E-state index in [0.717, 1.165) is 0 Å². The average Bonchev–Trinajstić information content (AvgIpc) is 2.98. The van der Waals surface area contributed by atoms with Gasteiger partial charge in [0.15, 0.2) is 11.2 Å². The first-order valence-electron chi connectivity index (χ1n) is 5.47. The summed E-state index contributed by atoms with van der Waals surface area (Å²) < 4.78 is 2.06. The Bertz CT molecular complexity index is 840. The fourth-order valence-corrected chi connectivity index (χ4v) is 3.04. The van der Waals surface area contributed by atoms with Crippen LogP contribution in [0.1, 0.15) is 10.5 Å². The van der Waals surface area contributed by atoms with Gasteiger partial charge in [0.1, 0.15) is 11.4 Å². The van der Waals surface area contributed by atoms with E-state index in [4.69, 9.17) is 0 Å². The van der Waals surface area contributed by atoms with Gasteiger partial charge in [0.05, 0.1) is 9.40 Å². The van der Waals surface area contributed by atoms with Crippen LogP contribution in [0.15, 0.2) is 34.2 Å². The van der Waals surface area contributed by atoms with E-state index in [0.29, 0.717) is 32.7 Å². The van der Waals surface area contributed by atoms with Crippen molar-refractivity contribution >= 4 is 44.2 Å². The molecule has 6 nitrogen and oxygen atoms in total. The first kappa shape index (κ1) is 12.9. The molecule has 0 atom stereocenters. The SMILES string of the molecule is O=Cc1c(-c2ccc(Br)c([N+](=O)[O-])c2)nc2sccn12. The van der Waals surface area contributed by atoms with Crippen LogP contribution in [0, 0.1) is 10.1 Å². The lowest BCUT2D eigenvalue weighted by Gasteiger charge is -2.00. The highest BCUT2D eigenvalue weighted by molar-refractivity contribution is 9.10. The van der Waals surface area contributed by atoms with E-state index in [1.165, 1.54) is 17.4 Å². The third kappa shape index (κ3) is 1.93. The zero-order valence-electron chi connectivity index (χ0n) is 9.82. The van der Waals surface area contributed by atoms with Crippen LogP contribution in [0.3, 0.4) is 0 Å². The van der Waals surface area contributed by atoms with Crippen molar-refractivity contribution < 1.29 is 9.72 Å². The molecule has 100 valence electrons. The molecule has 0 aliphatic rings. The lowest BCUT2D eigenvalue weighted by Crippen LogP contribution is -1.93. The fraction of sp³-hybridized carbons (Fsp3) is 0. The Hall–Kier alpha value is -2.06. The maximum Gasteiger partial charge on any atom is 0.284 e. The van der Waals surface area contributed by atoms with Gasteiger partial charge in [0.25, 0.3) is 5.69 Å². The van der Waals surface area contributed by atoms with Crippen LogP contribution in [0.25, 0.3) is 16.2 Å². The Morgan fingerprint density at radius 1 is 1.45 bits per heavy atom. The minimum absolute atomic E-state index is 0.0595. The summed E-state index contributed by atoms with van der Waals surface area (Å²) in [5.41, 5.74) is 1.31. The molecule has 0 fully saturated rings. The molecule has 0 saturated heterocycles. The summed E-state index contributed by atoms with van der Waals surface area (Å²) in [6.45, 7) is 0. The topological polar surface area (TPSA) is 77.5 Å². The molecule has 0 aliphatic carbocycles. The number of thiazole rings is 1. The highest BCUT2D eigenvalue weighted by Crippen LogP contribution is 2.32. The Morgan fingerprint density at radius 3 is 2.95 bits per heavy atom. The van der Waals surface area contributed by atoms with Crippen molar-refractivity contribution in [2.24, 2.45) is 0 Å². The van der Waals surface area contributed by atoms with Crippen molar-refractivity contribution in [3.8, 4) is 11.3 Å². The predicted molar refractivity (Wildman–Crippen MR) is 78.2 cm³/mol. The van der Waals surface area contributed by atoms with Gasteiger partial charge < -0.3 is 0 Å². The monoisotopic (exact) mass is 351 g/mol. The molecule has 3 aromatic rings. The zero-order chi connectivity index (χ0) is 14.3. The molecule has 2 aromatic heterocycles. The van der Waals surface area contributed by atoms with Crippen LogP contribution < -0.4 is 0 Å². The van der Waals surface area contributed by atoms with Gasteiger partial charge in [-0.3, -0.25) is 19.3 Å². The molecule has 0 radical (unpaired) electrons. The molecule has 8 heteroatoms. The molecule has 2 heterocycles. The number of hydrogen-bond acceptors (Lipinski definition) is 5. The third-order valence-corrected chi connectivity index (χ3v) is 4.25. The van der Waals surface area contributed by atoms with Gasteiger partial charge in [-0.15, -0.1) is 11.3 Å². The number of benzene rings is 1. The van der Waals surface area contributed by atoms with E-state index in [1.54, 1.807) is 22.7 Å². The van der Waals surface area contributed by atoms with Gasteiger partial charge in [-0.1, -0.05) is 6.07 Å². The van der Waals surface area contributed by atoms with E-state index in [2.05, 4.69) is 20.9 Å². The molecule has 0 amide bonds. The summed E-state index contributed by atoms with van der Waals surface area (Å²) in [5, 5.41) is 12.8. The molecule has 20 heavy (non-hydrogen) atoms.